The van der Waals surface area contributed by atoms with Gasteiger partial charge in [0.1, 0.15) is 18.1 Å². The topological polar surface area (TPSA) is 62.6 Å². The van der Waals surface area contributed by atoms with Crippen molar-refractivity contribution in [3.63, 3.8) is 0 Å². The summed E-state index contributed by atoms with van der Waals surface area (Å²) in [6.45, 7) is 0.828. The van der Waals surface area contributed by atoms with Crippen LogP contribution in [0.25, 0.3) is 0 Å². The second-order valence-electron chi connectivity index (χ2n) is 4.94. The van der Waals surface area contributed by atoms with E-state index in [1.54, 1.807) is 43.3 Å². The molecule has 0 unspecified atom stereocenters. The minimum atomic E-state index is -0.138. The van der Waals surface area contributed by atoms with Crippen molar-refractivity contribution in [3.05, 3.63) is 59.7 Å². The summed E-state index contributed by atoms with van der Waals surface area (Å²) in [5.74, 6) is 1.35. The monoisotopic (exact) mass is 310 g/mol. The molecule has 0 aliphatic rings. The van der Waals surface area contributed by atoms with Crippen molar-refractivity contribution in [2.75, 3.05) is 27.3 Å². The summed E-state index contributed by atoms with van der Waals surface area (Å²) in [6, 6.07) is 16.0. The molecular weight excluding hydrogens is 292 g/mol. The quantitative estimate of drug-likeness (QED) is 0.823. The van der Waals surface area contributed by atoms with Gasteiger partial charge in [0.05, 0.1) is 25.3 Å². The van der Waals surface area contributed by atoms with E-state index in [0.29, 0.717) is 24.3 Å². The molecule has 2 aromatic carbocycles. The molecule has 2 rings (SSSR count). The number of carbonyl (C=O) groups excluding carboxylic acids is 1. The predicted octanol–water partition coefficient (Wildman–Crippen LogP) is 2.72. The highest BCUT2D eigenvalue weighted by molar-refractivity contribution is 5.94. The fourth-order valence-electron chi connectivity index (χ4n) is 2.02. The Labute approximate surface area is 135 Å². The third-order valence-corrected chi connectivity index (χ3v) is 3.34. The smallest absolute Gasteiger partial charge is 0.253 e. The van der Waals surface area contributed by atoms with Crippen LogP contribution in [0.2, 0.25) is 0 Å². The van der Waals surface area contributed by atoms with E-state index in [1.165, 1.54) is 0 Å². The molecule has 0 heterocycles. The van der Waals surface area contributed by atoms with E-state index >= 15 is 0 Å². The maximum absolute atomic E-state index is 12.3. The highest BCUT2D eigenvalue weighted by Crippen LogP contribution is 2.17. The van der Waals surface area contributed by atoms with E-state index in [4.69, 9.17) is 14.7 Å². The molecule has 0 fully saturated rings. The molecule has 5 heteroatoms. The van der Waals surface area contributed by atoms with Gasteiger partial charge in [-0.25, -0.2) is 0 Å². The van der Waals surface area contributed by atoms with E-state index < -0.39 is 0 Å². The molecule has 2 aromatic rings. The fraction of sp³-hybridized carbons (Fsp3) is 0.222. The number of nitrogens with zero attached hydrogens (tertiary/aromatic N) is 2. The summed E-state index contributed by atoms with van der Waals surface area (Å²) in [5, 5.41) is 8.88. The second kappa shape index (κ2) is 7.85. The average molecular weight is 310 g/mol. The van der Waals surface area contributed by atoms with Crippen LogP contribution in [-0.2, 0) is 0 Å². The van der Waals surface area contributed by atoms with E-state index in [9.17, 15) is 4.79 Å². The molecule has 0 saturated heterocycles. The Balaban J connectivity index is 1.87. The van der Waals surface area contributed by atoms with E-state index in [0.717, 1.165) is 11.5 Å². The van der Waals surface area contributed by atoms with Gasteiger partial charge < -0.3 is 14.4 Å². The van der Waals surface area contributed by atoms with Crippen molar-refractivity contribution in [3.8, 4) is 17.6 Å². The summed E-state index contributed by atoms with van der Waals surface area (Å²) in [6.07, 6.45) is 0. The van der Waals surface area contributed by atoms with Crippen LogP contribution >= 0.6 is 0 Å². The third-order valence-electron chi connectivity index (χ3n) is 3.34. The Morgan fingerprint density at radius 1 is 1.17 bits per heavy atom. The molecule has 0 spiro atoms. The molecule has 118 valence electrons. The van der Waals surface area contributed by atoms with E-state index in [-0.39, 0.29) is 5.91 Å². The maximum Gasteiger partial charge on any atom is 0.253 e. The van der Waals surface area contributed by atoms with Crippen molar-refractivity contribution < 1.29 is 14.3 Å². The number of hydrogen-bond acceptors (Lipinski definition) is 4. The minimum absolute atomic E-state index is 0.138. The Morgan fingerprint density at radius 2 is 1.87 bits per heavy atom. The van der Waals surface area contributed by atoms with Gasteiger partial charge in [-0.05, 0) is 42.5 Å². The SMILES string of the molecule is COc1ccc(OCCN(C)C(=O)c2cccc(C#N)c2)cc1. The first-order chi connectivity index (χ1) is 11.1. The molecule has 0 aromatic heterocycles. The summed E-state index contributed by atoms with van der Waals surface area (Å²) < 4.78 is 10.7. The average Bonchev–Trinajstić information content (AvgIpc) is 2.61. The number of methoxy groups -OCH3 is 1. The zero-order valence-electron chi connectivity index (χ0n) is 13.2. The third kappa shape index (κ3) is 4.48. The van der Waals surface area contributed by atoms with E-state index in [2.05, 4.69) is 0 Å². The lowest BCUT2D eigenvalue weighted by atomic mass is 10.1. The van der Waals surface area contributed by atoms with Crippen LogP contribution in [0.3, 0.4) is 0 Å². The standard InChI is InChI=1S/C18H18N2O3/c1-20(18(21)15-5-3-4-14(12-15)13-19)10-11-23-17-8-6-16(22-2)7-9-17/h3-9,12H,10-11H2,1-2H3. The van der Waals surface area contributed by atoms with Crippen molar-refractivity contribution in [2.24, 2.45) is 0 Å². The van der Waals surface area contributed by atoms with Crippen molar-refractivity contribution >= 4 is 5.91 Å². The van der Waals surface area contributed by atoms with Crippen LogP contribution in [0.15, 0.2) is 48.5 Å². The molecule has 5 nitrogen and oxygen atoms in total. The van der Waals surface area contributed by atoms with Gasteiger partial charge in [0.15, 0.2) is 0 Å². The fourth-order valence-corrected chi connectivity index (χ4v) is 2.02. The van der Waals surface area contributed by atoms with E-state index in [1.807, 2.05) is 30.3 Å². The summed E-state index contributed by atoms with van der Waals surface area (Å²) in [7, 11) is 3.32. The highest BCUT2D eigenvalue weighted by atomic mass is 16.5. The Kier molecular flexibility index (Phi) is 5.59. The Bertz CT molecular complexity index is 705. The zero-order valence-corrected chi connectivity index (χ0v) is 13.2. The predicted molar refractivity (Wildman–Crippen MR) is 86.6 cm³/mol. The maximum atomic E-state index is 12.3. The summed E-state index contributed by atoms with van der Waals surface area (Å²) >= 11 is 0. The lowest BCUT2D eigenvalue weighted by Gasteiger charge is -2.17. The van der Waals surface area contributed by atoms with Crippen LogP contribution in [0.5, 0.6) is 11.5 Å². The van der Waals surface area contributed by atoms with Crippen LogP contribution in [0, 0.1) is 11.3 Å². The molecule has 0 saturated carbocycles. The number of likely N-dealkylation sites (N-methyl/N-ethyl adjacent to an activating group) is 1. The Hall–Kier alpha value is -3.00. The van der Waals surface area contributed by atoms with Gasteiger partial charge in [-0.15, -0.1) is 0 Å². The van der Waals surface area contributed by atoms with Gasteiger partial charge in [0.25, 0.3) is 5.91 Å². The second-order valence-corrected chi connectivity index (χ2v) is 4.94. The number of hydrogen-bond donors (Lipinski definition) is 0. The number of carbonyl (C=O) groups is 1. The molecule has 1 amide bonds. The number of benzene rings is 2. The van der Waals surface area contributed by atoms with Crippen molar-refractivity contribution in [1.29, 1.82) is 5.26 Å². The molecule has 0 aliphatic heterocycles. The van der Waals surface area contributed by atoms with Gasteiger partial charge in [-0.1, -0.05) is 6.07 Å². The van der Waals surface area contributed by atoms with Crippen LogP contribution in [0.1, 0.15) is 15.9 Å². The highest BCUT2D eigenvalue weighted by Gasteiger charge is 2.12. The molecular formula is C18H18N2O3. The molecule has 0 N–H and O–H groups in total. The molecule has 0 atom stereocenters. The number of nitriles is 1. The first kappa shape index (κ1) is 16.4. The Morgan fingerprint density at radius 3 is 2.52 bits per heavy atom. The van der Waals surface area contributed by atoms with Crippen LogP contribution < -0.4 is 9.47 Å². The van der Waals surface area contributed by atoms with Gasteiger partial charge in [-0.2, -0.15) is 5.26 Å². The first-order valence-electron chi connectivity index (χ1n) is 7.16. The summed E-state index contributed by atoms with van der Waals surface area (Å²) in [4.78, 5) is 13.9. The number of amides is 1. The first-order valence-corrected chi connectivity index (χ1v) is 7.16. The zero-order chi connectivity index (χ0) is 16.7. The van der Waals surface area contributed by atoms with Crippen LogP contribution in [-0.4, -0.2) is 38.1 Å². The molecule has 0 radical (unpaired) electrons. The molecule has 23 heavy (non-hydrogen) atoms. The number of rotatable bonds is 6. The largest absolute Gasteiger partial charge is 0.497 e. The van der Waals surface area contributed by atoms with Crippen LogP contribution in [0.4, 0.5) is 0 Å². The molecule has 0 aliphatic carbocycles. The number of ether oxygens (including phenoxy) is 2. The van der Waals surface area contributed by atoms with Crippen molar-refractivity contribution in [2.45, 2.75) is 0 Å². The minimum Gasteiger partial charge on any atom is -0.497 e. The lowest BCUT2D eigenvalue weighted by Crippen LogP contribution is -2.30. The van der Waals surface area contributed by atoms with Crippen molar-refractivity contribution in [1.82, 2.24) is 4.90 Å². The van der Waals surface area contributed by atoms with Gasteiger partial charge in [-0.3, -0.25) is 4.79 Å². The van der Waals surface area contributed by atoms with Gasteiger partial charge >= 0.3 is 0 Å². The molecule has 0 bridgehead atoms. The normalized spacial score (nSPS) is 9.78. The van der Waals surface area contributed by atoms with Gasteiger partial charge in [0.2, 0.25) is 0 Å². The van der Waals surface area contributed by atoms with Gasteiger partial charge in [0, 0.05) is 12.6 Å². The lowest BCUT2D eigenvalue weighted by molar-refractivity contribution is 0.0773. The summed E-state index contributed by atoms with van der Waals surface area (Å²) in [5.41, 5.74) is 0.967.